The van der Waals surface area contributed by atoms with E-state index in [0.717, 1.165) is 18.4 Å². The van der Waals surface area contributed by atoms with E-state index in [-0.39, 0.29) is 5.91 Å². The van der Waals surface area contributed by atoms with Gasteiger partial charge in [-0.2, -0.15) is 0 Å². The van der Waals surface area contributed by atoms with Crippen LogP contribution in [0.25, 0.3) is 0 Å². The van der Waals surface area contributed by atoms with Crippen LogP contribution in [-0.4, -0.2) is 18.2 Å². The predicted molar refractivity (Wildman–Crippen MR) is 90.4 cm³/mol. The second-order valence-electron chi connectivity index (χ2n) is 5.80. The van der Waals surface area contributed by atoms with Gasteiger partial charge in [-0.15, -0.1) is 0 Å². The molecule has 1 radical (unpaired) electrons. The summed E-state index contributed by atoms with van der Waals surface area (Å²) in [7, 11) is 0. The Morgan fingerprint density at radius 2 is 1.68 bits per heavy atom. The third-order valence-corrected chi connectivity index (χ3v) is 3.77. The number of amides is 1. The van der Waals surface area contributed by atoms with Gasteiger partial charge in [0.2, 0.25) is 12.2 Å². The lowest BCUT2D eigenvalue weighted by atomic mass is 10.1. The van der Waals surface area contributed by atoms with Crippen molar-refractivity contribution in [2.45, 2.75) is 70.8 Å². The van der Waals surface area contributed by atoms with Crippen molar-refractivity contribution in [2.24, 2.45) is 0 Å². The minimum absolute atomic E-state index is 0.0437. The highest BCUT2D eigenvalue weighted by Gasteiger charge is 2.12. The SMILES string of the molecule is CCCCCCCCCC(=O)N[C@H]([C]=O)Cc1ccccc1. The molecule has 1 amide bonds. The highest BCUT2D eigenvalue weighted by Crippen LogP contribution is 2.08. The van der Waals surface area contributed by atoms with Crippen LogP contribution < -0.4 is 5.32 Å². The number of carbonyl (C=O) groups excluding carboxylic acids is 2. The first-order valence-corrected chi connectivity index (χ1v) is 8.47. The lowest BCUT2D eigenvalue weighted by Crippen LogP contribution is -2.37. The Labute approximate surface area is 134 Å². The molecule has 0 saturated carbocycles. The summed E-state index contributed by atoms with van der Waals surface area (Å²) in [4.78, 5) is 22.8. The zero-order chi connectivity index (χ0) is 16.0. The van der Waals surface area contributed by atoms with Crippen LogP contribution in [-0.2, 0) is 16.0 Å². The van der Waals surface area contributed by atoms with Crippen molar-refractivity contribution in [2.75, 3.05) is 0 Å². The van der Waals surface area contributed by atoms with E-state index < -0.39 is 6.04 Å². The summed E-state index contributed by atoms with van der Waals surface area (Å²) in [6.07, 6.45) is 11.2. The van der Waals surface area contributed by atoms with Gasteiger partial charge in [-0.25, -0.2) is 0 Å². The van der Waals surface area contributed by atoms with Crippen LogP contribution >= 0.6 is 0 Å². The molecule has 121 valence electrons. The third-order valence-electron chi connectivity index (χ3n) is 3.77. The number of hydrogen-bond donors (Lipinski definition) is 1. The zero-order valence-electron chi connectivity index (χ0n) is 13.6. The molecular formula is C19H28NO2. The Hall–Kier alpha value is -1.64. The maximum atomic E-state index is 11.8. The topological polar surface area (TPSA) is 46.2 Å². The Bertz CT molecular complexity index is 417. The molecule has 1 rings (SSSR count). The first kappa shape index (κ1) is 18.4. The maximum Gasteiger partial charge on any atom is 0.223 e. The number of carbonyl (C=O) groups is 1. The zero-order valence-corrected chi connectivity index (χ0v) is 13.6. The lowest BCUT2D eigenvalue weighted by molar-refractivity contribution is -0.121. The van der Waals surface area contributed by atoms with Gasteiger partial charge >= 0.3 is 0 Å². The molecule has 0 aliphatic carbocycles. The van der Waals surface area contributed by atoms with Crippen molar-refractivity contribution < 1.29 is 9.59 Å². The highest BCUT2D eigenvalue weighted by atomic mass is 16.2. The summed E-state index contributed by atoms with van der Waals surface area (Å²) in [5.74, 6) is -0.0437. The maximum absolute atomic E-state index is 11.8. The molecule has 3 heteroatoms. The Morgan fingerprint density at radius 1 is 1.05 bits per heavy atom. The molecule has 3 nitrogen and oxygen atoms in total. The second kappa shape index (κ2) is 12.0. The van der Waals surface area contributed by atoms with Gasteiger partial charge in [0.05, 0.1) is 6.04 Å². The largest absolute Gasteiger partial charge is 0.345 e. The van der Waals surface area contributed by atoms with Crippen molar-refractivity contribution in [1.82, 2.24) is 5.32 Å². The number of nitrogens with one attached hydrogen (secondary N) is 1. The normalized spacial score (nSPS) is 11.9. The van der Waals surface area contributed by atoms with Gasteiger partial charge in [0, 0.05) is 12.8 Å². The molecule has 0 spiro atoms. The van der Waals surface area contributed by atoms with E-state index in [1.54, 1.807) is 0 Å². The highest BCUT2D eigenvalue weighted by molar-refractivity contribution is 5.79. The van der Waals surface area contributed by atoms with E-state index in [9.17, 15) is 9.59 Å². The monoisotopic (exact) mass is 302 g/mol. The third kappa shape index (κ3) is 8.60. The first-order chi connectivity index (χ1) is 10.8. The van der Waals surface area contributed by atoms with Gasteiger partial charge < -0.3 is 5.32 Å². The molecule has 1 atom stereocenters. The molecule has 0 aliphatic heterocycles. The number of hydrogen-bond acceptors (Lipinski definition) is 2. The van der Waals surface area contributed by atoms with Crippen LogP contribution in [0.15, 0.2) is 30.3 Å². The molecule has 0 bridgehead atoms. The van der Waals surface area contributed by atoms with Gasteiger partial charge in [0.15, 0.2) is 0 Å². The summed E-state index contributed by atoms with van der Waals surface area (Å²) >= 11 is 0. The van der Waals surface area contributed by atoms with Gasteiger partial charge in [-0.3, -0.25) is 9.59 Å². The Morgan fingerprint density at radius 3 is 2.32 bits per heavy atom. The fraction of sp³-hybridized carbons (Fsp3) is 0.579. The lowest BCUT2D eigenvalue weighted by Gasteiger charge is -2.12. The van der Waals surface area contributed by atoms with Crippen molar-refractivity contribution in [3.05, 3.63) is 35.9 Å². The number of benzene rings is 1. The van der Waals surface area contributed by atoms with Crippen LogP contribution in [0.2, 0.25) is 0 Å². The summed E-state index contributed by atoms with van der Waals surface area (Å²) in [5, 5.41) is 2.76. The molecule has 1 aromatic carbocycles. The molecular weight excluding hydrogens is 274 g/mol. The van der Waals surface area contributed by atoms with Crippen LogP contribution in [0.1, 0.15) is 63.9 Å². The van der Waals surface area contributed by atoms with Gasteiger partial charge in [0.1, 0.15) is 0 Å². The molecule has 0 aliphatic rings. The summed E-state index contributed by atoms with van der Waals surface area (Å²) in [6.45, 7) is 2.21. The standard InChI is InChI=1S/C19H28NO2/c1-2-3-4-5-6-7-11-14-19(22)20-18(16-21)15-17-12-9-8-10-13-17/h8-10,12-13,18H,2-7,11,14-15H2,1H3,(H,20,22)/t18-/m0/s1. The minimum Gasteiger partial charge on any atom is -0.345 e. The van der Waals surface area contributed by atoms with Crippen molar-refractivity contribution >= 4 is 12.2 Å². The van der Waals surface area contributed by atoms with Crippen molar-refractivity contribution in [3.8, 4) is 0 Å². The van der Waals surface area contributed by atoms with E-state index in [1.807, 2.05) is 36.6 Å². The summed E-state index contributed by atoms with van der Waals surface area (Å²) < 4.78 is 0. The second-order valence-corrected chi connectivity index (χ2v) is 5.80. The molecule has 0 fully saturated rings. The molecule has 0 saturated heterocycles. The van der Waals surface area contributed by atoms with Gasteiger partial charge in [-0.05, 0) is 12.0 Å². The van der Waals surface area contributed by atoms with Crippen LogP contribution in [0, 0.1) is 0 Å². The molecule has 22 heavy (non-hydrogen) atoms. The Balaban J connectivity index is 2.15. The fourth-order valence-electron chi connectivity index (χ4n) is 2.48. The van der Waals surface area contributed by atoms with Crippen molar-refractivity contribution in [3.63, 3.8) is 0 Å². The Kier molecular flexibility index (Phi) is 10.0. The van der Waals surface area contributed by atoms with Crippen LogP contribution in [0.5, 0.6) is 0 Å². The van der Waals surface area contributed by atoms with E-state index in [4.69, 9.17) is 0 Å². The van der Waals surface area contributed by atoms with Gasteiger partial charge in [0.25, 0.3) is 0 Å². The van der Waals surface area contributed by atoms with E-state index in [2.05, 4.69) is 12.2 Å². The van der Waals surface area contributed by atoms with Crippen molar-refractivity contribution in [1.29, 1.82) is 0 Å². The van der Waals surface area contributed by atoms with E-state index >= 15 is 0 Å². The molecule has 1 N–H and O–H groups in total. The summed E-state index contributed by atoms with van der Waals surface area (Å²) in [6, 6.07) is 9.15. The average Bonchev–Trinajstić information content (AvgIpc) is 2.54. The van der Waals surface area contributed by atoms with Gasteiger partial charge in [-0.1, -0.05) is 75.8 Å². The molecule has 1 aromatic rings. The van der Waals surface area contributed by atoms with Crippen LogP contribution in [0.4, 0.5) is 0 Å². The molecule has 0 heterocycles. The van der Waals surface area contributed by atoms with E-state index in [0.29, 0.717) is 12.8 Å². The average molecular weight is 302 g/mol. The smallest absolute Gasteiger partial charge is 0.223 e. The first-order valence-electron chi connectivity index (χ1n) is 8.47. The summed E-state index contributed by atoms with van der Waals surface area (Å²) in [5.41, 5.74) is 1.03. The molecule has 0 unspecified atom stereocenters. The van der Waals surface area contributed by atoms with E-state index in [1.165, 1.54) is 32.1 Å². The number of unbranched alkanes of at least 4 members (excludes halogenated alkanes) is 6. The minimum atomic E-state index is -0.542. The fourth-order valence-corrected chi connectivity index (χ4v) is 2.48. The number of rotatable bonds is 12. The van der Waals surface area contributed by atoms with Crippen LogP contribution in [0.3, 0.4) is 0 Å². The molecule has 0 aromatic heterocycles. The quantitative estimate of drug-likeness (QED) is 0.594. The predicted octanol–water partition coefficient (Wildman–Crippen LogP) is 3.96.